The Bertz CT molecular complexity index is 850. The third-order valence-corrected chi connectivity index (χ3v) is 5.27. The Hall–Kier alpha value is -2.73. The zero-order chi connectivity index (χ0) is 20.6. The molecule has 29 heavy (non-hydrogen) atoms. The molecular formula is C22H25ClN2O4. The highest BCUT2D eigenvalue weighted by Crippen LogP contribution is 2.23. The number of benzene rings is 2. The number of rotatable bonds is 7. The van der Waals surface area contributed by atoms with Crippen molar-refractivity contribution >= 4 is 23.4 Å². The van der Waals surface area contributed by atoms with Crippen molar-refractivity contribution in [2.45, 2.75) is 31.7 Å². The van der Waals surface area contributed by atoms with Crippen molar-refractivity contribution < 1.29 is 19.4 Å². The standard InChI is InChI=1S/C22H25ClN2O4/c23-18-7-2-4-9-20(18)29-15-5-10-21(27)25-13-11-16(12-14-25)24-22(28)17-6-1-3-8-19(17)26/h1-4,6-9,16,26H,5,10-15H2,(H,24,28). The van der Waals surface area contributed by atoms with Gasteiger partial charge in [-0.2, -0.15) is 0 Å². The Kier molecular flexibility index (Phi) is 7.36. The van der Waals surface area contributed by atoms with Crippen LogP contribution in [0.5, 0.6) is 11.5 Å². The highest BCUT2D eigenvalue weighted by atomic mass is 35.5. The number of ether oxygens (including phenoxy) is 1. The lowest BCUT2D eigenvalue weighted by Gasteiger charge is -2.32. The smallest absolute Gasteiger partial charge is 0.255 e. The van der Waals surface area contributed by atoms with Crippen molar-refractivity contribution in [3.05, 3.63) is 59.1 Å². The molecule has 2 aromatic carbocycles. The van der Waals surface area contributed by atoms with Gasteiger partial charge in [-0.15, -0.1) is 0 Å². The first-order valence-electron chi connectivity index (χ1n) is 9.78. The Morgan fingerprint density at radius 1 is 1.10 bits per heavy atom. The molecule has 0 saturated carbocycles. The maximum Gasteiger partial charge on any atom is 0.255 e. The van der Waals surface area contributed by atoms with Crippen molar-refractivity contribution in [3.63, 3.8) is 0 Å². The molecule has 0 unspecified atom stereocenters. The quantitative estimate of drug-likeness (QED) is 0.675. The molecule has 6 nitrogen and oxygen atoms in total. The van der Waals surface area contributed by atoms with Gasteiger partial charge in [0.05, 0.1) is 17.2 Å². The molecule has 0 aliphatic carbocycles. The zero-order valence-corrected chi connectivity index (χ0v) is 16.9. The molecule has 0 aromatic heterocycles. The molecule has 1 heterocycles. The normalized spacial score (nSPS) is 14.4. The van der Waals surface area contributed by atoms with Gasteiger partial charge in [-0.3, -0.25) is 9.59 Å². The number of phenolic OH excluding ortho intramolecular Hbond substituents is 1. The summed E-state index contributed by atoms with van der Waals surface area (Å²) in [6, 6.07) is 13.7. The molecule has 0 atom stereocenters. The van der Waals surface area contributed by atoms with Crippen LogP contribution in [0.25, 0.3) is 0 Å². The summed E-state index contributed by atoms with van der Waals surface area (Å²) in [5, 5.41) is 13.3. The van der Waals surface area contributed by atoms with E-state index in [9.17, 15) is 14.7 Å². The fourth-order valence-electron chi connectivity index (χ4n) is 3.33. The van der Waals surface area contributed by atoms with Gasteiger partial charge in [0, 0.05) is 25.6 Å². The van der Waals surface area contributed by atoms with Crippen molar-refractivity contribution in [1.29, 1.82) is 0 Å². The van der Waals surface area contributed by atoms with E-state index in [4.69, 9.17) is 16.3 Å². The van der Waals surface area contributed by atoms with E-state index in [0.717, 1.165) is 0 Å². The molecule has 2 N–H and O–H groups in total. The number of aromatic hydroxyl groups is 1. The van der Waals surface area contributed by atoms with Gasteiger partial charge in [0.1, 0.15) is 11.5 Å². The molecule has 1 fully saturated rings. The Morgan fingerprint density at radius 3 is 2.52 bits per heavy atom. The van der Waals surface area contributed by atoms with Crippen LogP contribution >= 0.6 is 11.6 Å². The van der Waals surface area contributed by atoms with E-state index in [2.05, 4.69) is 5.32 Å². The number of para-hydroxylation sites is 2. The summed E-state index contributed by atoms with van der Waals surface area (Å²) in [6.07, 6.45) is 2.43. The predicted molar refractivity (Wildman–Crippen MR) is 111 cm³/mol. The molecule has 3 rings (SSSR count). The lowest BCUT2D eigenvalue weighted by atomic mass is 10.0. The Balaban J connectivity index is 1.36. The van der Waals surface area contributed by atoms with Crippen LogP contribution in [-0.2, 0) is 4.79 Å². The minimum absolute atomic E-state index is 0.00490. The number of carbonyl (C=O) groups excluding carboxylic acids is 2. The van der Waals surface area contributed by atoms with Crippen molar-refractivity contribution in [2.75, 3.05) is 19.7 Å². The summed E-state index contributed by atoms with van der Waals surface area (Å²) in [4.78, 5) is 26.5. The SMILES string of the molecule is O=C(NC1CCN(C(=O)CCCOc2ccccc2Cl)CC1)c1ccccc1O. The third kappa shape index (κ3) is 5.87. The fourth-order valence-corrected chi connectivity index (χ4v) is 3.52. The first-order chi connectivity index (χ1) is 14.0. The van der Waals surface area contributed by atoms with Crippen LogP contribution in [0, 0.1) is 0 Å². The largest absolute Gasteiger partial charge is 0.507 e. The van der Waals surface area contributed by atoms with E-state index in [1.807, 2.05) is 17.0 Å². The first-order valence-corrected chi connectivity index (χ1v) is 10.2. The van der Waals surface area contributed by atoms with Gasteiger partial charge in [0.2, 0.25) is 5.91 Å². The van der Waals surface area contributed by atoms with Crippen LogP contribution in [0.15, 0.2) is 48.5 Å². The van der Waals surface area contributed by atoms with Crippen LogP contribution < -0.4 is 10.1 Å². The lowest BCUT2D eigenvalue weighted by Crippen LogP contribution is -2.46. The lowest BCUT2D eigenvalue weighted by molar-refractivity contribution is -0.132. The van der Waals surface area contributed by atoms with Crippen LogP contribution in [0.2, 0.25) is 5.02 Å². The Morgan fingerprint density at radius 2 is 1.79 bits per heavy atom. The van der Waals surface area contributed by atoms with Gasteiger partial charge in [-0.05, 0) is 43.5 Å². The maximum atomic E-state index is 12.4. The number of nitrogens with zero attached hydrogens (tertiary/aromatic N) is 1. The van der Waals surface area contributed by atoms with Gasteiger partial charge < -0.3 is 20.1 Å². The van der Waals surface area contributed by atoms with Crippen molar-refractivity contribution in [3.8, 4) is 11.5 Å². The van der Waals surface area contributed by atoms with E-state index in [-0.39, 0.29) is 29.2 Å². The zero-order valence-electron chi connectivity index (χ0n) is 16.1. The third-order valence-electron chi connectivity index (χ3n) is 4.96. The van der Waals surface area contributed by atoms with Crippen molar-refractivity contribution in [1.82, 2.24) is 10.2 Å². The highest BCUT2D eigenvalue weighted by molar-refractivity contribution is 6.32. The van der Waals surface area contributed by atoms with E-state index in [1.165, 1.54) is 6.07 Å². The second-order valence-electron chi connectivity index (χ2n) is 7.03. The number of halogens is 1. The molecule has 2 aromatic rings. The van der Waals surface area contributed by atoms with Crippen LogP contribution in [0.4, 0.5) is 0 Å². The minimum atomic E-state index is -0.287. The summed E-state index contributed by atoms with van der Waals surface area (Å²) in [7, 11) is 0. The van der Waals surface area contributed by atoms with E-state index in [1.54, 1.807) is 30.3 Å². The monoisotopic (exact) mass is 416 g/mol. The van der Waals surface area contributed by atoms with Gasteiger partial charge >= 0.3 is 0 Å². The number of likely N-dealkylation sites (tertiary alicyclic amines) is 1. The molecule has 1 saturated heterocycles. The molecule has 2 amide bonds. The molecule has 154 valence electrons. The number of nitrogens with one attached hydrogen (secondary N) is 1. The minimum Gasteiger partial charge on any atom is -0.507 e. The van der Waals surface area contributed by atoms with E-state index < -0.39 is 0 Å². The highest BCUT2D eigenvalue weighted by Gasteiger charge is 2.24. The summed E-state index contributed by atoms with van der Waals surface area (Å²) in [5.41, 5.74) is 0.268. The molecular weight excluding hydrogens is 392 g/mol. The van der Waals surface area contributed by atoms with Crippen LogP contribution in [-0.4, -0.2) is 47.6 Å². The predicted octanol–water partition coefficient (Wildman–Crippen LogP) is 3.63. The first kappa shape index (κ1) is 21.0. The van der Waals surface area contributed by atoms with Gasteiger partial charge in [0.15, 0.2) is 0 Å². The number of phenols is 1. The number of piperidine rings is 1. The topological polar surface area (TPSA) is 78.9 Å². The van der Waals surface area contributed by atoms with E-state index >= 15 is 0 Å². The summed E-state index contributed by atoms with van der Waals surface area (Å²) in [6.45, 7) is 1.65. The molecule has 0 bridgehead atoms. The number of carbonyl (C=O) groups is 2. The second kappa shape index (κ2) is 10.2. The summed E-state index contributed by atoms with van der Waals surface area (Å²) in [5.74, 6) is 0.405. The Labute approximate surface area is 175 Å². The number of amides is 2. The number of hydrogen-bond donors (Lipinski definition) is 2. The summed E-state index contributed by atoms with van der Waals surface area (Å²) < 4.78 is 5.62. The van der Waals surface area contributed by atoms with Gasteiger partial charge in [-0.25, -0.2) is 0 Å². The van der Waals surface area contributed by atoms with Crippen LogP contribution in [0.3, 0.4) is 0 Å². The fraction of sp³-hybridized carbons (Fsp3) is 0.364. The molecule has 0 spiro atoms. The van der Waals surface area contributed by atoms with Gasteiger partial charge in [0.25, 0.3) is 5.91 Å². The average Bonchev–Trinajstić information content (AvgIpc) is 2.73. The van der Waals surface area contributed by atoms with Crippen LogP contribution in [0.1, 0.15) is 36.0 Å². The summed E-state index contributed by atoms with van der Waals surface area (Å²) >= 11 is 6.04. The molecule has 0 radical (unpaired) electrons. The van der Waals surface area contributed by atoms with Gasteiger partial charge in [-0.1, -0.05) is 35.9 Å². The van der Waals surface area contributed by atoms with E-state index in [0.29, 0.717) is 56.2 Å². The maximum absolute atomic E-state index is 12.4. The average molecular weight is 417 g/mol. The molecule has 1 aliphatic heterocycles. The van der Waals surface area contributed by atoms with Crippen molar-refractivity contribution in [2.24, 2.45) is 0 Å². The molecule has 1 aliphatic rings. The number of hydrogen-bond acceptors (Lipinski definition) is 4. The molecule has 7 heteroatoms. The second-order valence-corrected chi connectivity index (χ2v) is 7.44.